The number of hydrogen-bond donors (Lipinski definition) is 2. The molecule has 1 unspecified atom stereocenters. The number of aryl methyl sites for hydroxylation is 2. The monoisotopic (exact) mass is 522 g/mol. The van der Waals surface area contributed by atoms with Crippen molar-refractivity contribution >= 4 is 33.5 Å². The number of nitrogens with zero attached hydrogens (tertiary/aromatic N) is 5. The molecular weight excluding hydrogens is 501 g/mol. The van der Waals surface area contributed by atoms with Gasteiger partial charge in [0.05, 0.1) is 40.2 Å². The van der Waals surface area contributed by atoms with Crippen LogP contribution < -0.4 is 11.0 Å². The maximum atomic E-state index is 14.0. The van der Waals surface area contributed by atoms with Crippen LogP contribution in [0.4, 0.5) is 18.9 Å². The van der Waals surface area contributed by atoms with Crippen molar-refractivity contribution in [2.45, 2.75) is 26.1 Å². The number of aromatic nitrogens is 5. The summed E-state index contributed by atoms with van der Waals surface area (Å²) in [4.78, 5) is 38.0. The fourth-order valence-corrected chi connectivity index (χ4v) is 4.17. The van der Waals surface area contributed by atoms with Crippen molar-refractivity contribution in [1.29, 1.82) is 0 Å². The van der Waals surface area contributed by atoms with Gasteiger partial charge in [0.25, 0.3) is 5.91 Å². The number of pyridine rings is 3. The van der Waals surface area contributed by atoms with Gasteiger partial charge in [-0.15, -0.1) is 0 Å². The Balaban J connectivity index is 1.77. The van der Waals surface area contributed by atoms with E-state index in [0.717, 1.165) is 34.5 Å². The Labute approximate surface area is 213 Å². The minimum atomic E-state index is -4.89. The molecule has 0 saturated heterocycles. The average molecular weight is 522 g/mol. The summed E-state index contributed by atoms with van der Waals surface area (Å²) in [5, 5.41) is 12.0. The normalized spacial score (nSPS) is 12.7. The number of carbonyl (C=O) groups is 1. The molecule has 12 heteroatoms. The molecule has 5 rings (SSSR count). The zero-order valence-corrected chi connectivity index (χ0v) is 20.4. The topological polar surface area (TPSA) is 115 Å². The van der Waals surface area contributed by atoms with Gasteiger partial charge in [0.2, 0.25) is 0 Å². The van der Waals surface area contributed by atoms with E-state index in [1.807, 2.05) is 30.4 Å². The second kappa shape index (κ2) is 9.06. The number of nitrogens with one attached hydrogen (secondary N) is 1. The molecule has 0 bridgehead atoms. The molecule has 4 heterocycles. The number of imidazole rings is 1. The van der Waals surface area contributed by atoms with Crippen LogP contribution in [0.5, 0.6) is 0 Å². The summed E-state index contributed by atoms with van der Waals surface area (Å²) in [7, 11) is 1.49. The molecule has 0 radical (unpaired) electrons. The fourth-order valence-electron chi connectivity index (χ4n) is 4.17. The first kappa shape index (κ1) is 25.1. The molecule has 2 N–H and O–H groups in total. The summed E-state index contributed by atoms with van der Waals surface area (Å²) in [6.45, 7) is 2.99. The number of fused-ring (bicyclic) bond motifs is 3. The van der Waals surface area contributed by atoms with Gasteiger partial charge in [0.15, 0.2) is 0 Å². The quantitative estimate of drug-likeness (QED) is 0.369. The van der Waals surface area contributed by atoms with Gasteiger partial charge in [-0.05, 0) is 43.7 Å². The summed E-state index contributed by atoms with van der Waals surface area (Å²) in [5.41, 5.74) is 1.20. The van der Waals surface area contributed by atoms with Crippen LogP contribution in [0.1, 0.15) is 18.2 Å². The zero-order chi connectivity index (χ0) is 27.4. The first-order chi connectivity index (χ1) is 18.0. The molecule has 5 aromatic rings. The van der Waals surface area contributed by atoms with Crippen LogP contribution in [0.2, 0.25) is 0 Å². The van der Waals surface area contributed by atoms with Gasteiger partial charge in [0.1, 0.15) is 11.9 Å². The molecule has 194 valence electrons. The second-order valence-corrected chi connectivity index (χ2v) is 8.84. The molecule has 0 saturated carbocycles. The number of halogens is 3. The first-order valence-electron chi connectivity index (χ1n) is 11.5. The lowest BCUT2D eigenvalue weighted by Gasteiger charge is -2.16. The molecule has 38 heavy (non-hydrogen) atoms. The lowest BCUT2D eigenvalue weighted by atomic mass is 10.0. The maximum absolute atomic E-state index is 14.0. The summed E-state index contributed by atoms with van der Waals surface area (Å²) in [5.74, 6) is -1.32. The predicted octanol–water partition coefficient (Wildman–Crippen LogP) is 3.98. The van der Waals surface area contributed by atoms with E-state index >= 15 is 0 Å². The van der Waals surface area contributed by atoms with Gasteiger partial charge >= 0.3 is 11.9 Å². The molecule has 4 aromatic heterocycles. The summed E-state index contributed by atoms with van der Waals surface area (Å²) in [6, 6.07) is 9.85. The van der Waals surface area contributed by atoms with Gasteiger partial charge < -0.3 is 10.4 Å². The van der Waals surface area contributed by atoms with E-state index in [1.54, 1.807) is 18.3 Å². The molecule has 0 aliphatic heterocycles. The average Bonchev–Trinajstić information content (AvgIpc) is 3.14. The van der Waals surface area contributed by atoms with Crippen molar-refractivity contribution in [2.24, 2.45) is 7.05 Å². The molecule has 0 aliphatic rings. The predicted molar refractivity (Wildman–Crippen MR) is 135 cm³/mol. The van der Waals surface area contributed by atoms with E-state index in [2.05, 4.69) is 15.0 Å². The number of anilines is 1. The number of aliphatic hydroxyl groups excluding tert-OH is 1. The van der Waals surface area contributed by atoms with Crippen molar-refractivity contribution < 1.29 is 23.1 Å². The van der Waals surface area contributed by atoms with Crippen LogP contribution in [-0.4, -0.2) is 41.2 Å². The standard InChI is InChI=1S/C26H21F3N6O3/c1-13-4-5-16(10-30-13)15-6-7-19-17(8-15)23-21(12-31-19)34(3)25(38)35(23)22-9-18(26(27,28)29)20(11-32-22)33-24(37)14(2)36/h4-12,14,36H,1-3H3,(H,33,37). The van der Waals surface area contributed by atoms with E-state index in [0.29, 0.717) is 28.0 Å². The number of hydrogen-bond acceptors (Lipinski definition) is 6. The van der Waals surface area contributed by atoms with Gasteiger partial charge in [0, 0.05) is 29.9 Å². The third-order valence-corrected chi connectivity index (χ3v) is 6.19. The van der Waals surface area contributed by atoms with Crippen LogP contribution in [0, 0.1) is 6.92 Å². The van der Waals surface area contributed by atoms with Crippen LogP contribution in [0.3, 0.4) is 0 Å². The molecule has 1 aromatic carbocycles. The molecule has 1 atom stereocenters. The van der Waals surface area contributed by atoms with E-state index in [1.165, 1.54) is 17.8 Å². The van der Waals surface area contributed by atoms with E-state index < -0.39 is 35.1 Å². The molecule has 0 aliphatic carbocycles. The lowest BCUT2D eigenvalue weighted by Crippen LogP contribution is -2.27. The Bertz CT molecular complexity index is 1770. The Morgan fingerprint density at radius 3 is 2.42 bits per heavy atom. The highest BCUT2D eigenvalue weighted by Crippen LogP contribution is 2.36. The van der Waals surface area contributed by atoms with Crippen LogP contribution in [-0.2, 0) is 18.0 Å². The first-order valence-corrected chi connectivity index (χ1v) is 11.5. The lowest BCUT2D eigenvalue weighted by molar-refractivity contribution is -0.137. The number of amides is 1. The van der Waals surface area contributed by atoms with Crippen molar-refractivity contribution in [3.63, 3.8) is 0 Å². The fraction of sp³-hybridized carbons (Fsp3) is 0.192. The van der Waals surface area contributed by atoms with Gasteiger partial charge in [-0.25, -0.2) is 14.3 Å². The molecule has 1 amide bonds. The highest BCUT2D eigenvalue weighted by Gasteiger charge is 2.35. The summed E-state index contributed by atoms with van der Waals surface area (Å²) in [6.07, 6.45) is -2.42. The maximum Gasteiger partial charge on any atom is 0.418 e. The van der Waals surface area contributed by atoms with Crippen LogP contribution >= 0.6 is 0 Å². The minimum absolute atomic E-state index is 0.294. The number of benzene rings is 1. The largest absolute Gasteiger partial charge is 0.418 e. The second-order valence-electron chi connectivity index (χ2n) is 8.84. The van der Waals surface area contributed by atoms with Crippen LogP contribution in [0.25, 0.3) is 38.9 Å². The van der Waals surface area contributed by atoms with Gasteiger partial charge in [-0.2, -0.15) is 13.2 Å². The molecular formula is C26H21F3N6O3. The van der Waals surface area contributed by atoms with E-state index in [4.69, 9.17) is 0 Å². The Hall–Kier alpha value is -4.58. The summed E-state index contributed by atoms with van der Waals surface area (Å²) < 4.78 is 44.3. The highest BCUT2D eigenvalue weighted by molar-refractivity contribution is 6.04. The SMILES string of the molecule is Cc1ccc(-c2ccc3ncc4c(c3c2)n(-c2cc(C(F)(F)F)c(NC(=O)C(C)O)cn2)c(=O)n4C)cn1. The number of aliphatic hydroxyl groups is 1. The van der Waals surface area contributed by atoms with Crippen LogP contribution in [0.15, 0.2) is 59.8 Å². The minimum Gasteiger partial charge on any atom is -0.384 e. The molecule has 0 fully saturated rings. The Kier molecular flexibility index (Phi) is 5.98. The van der Waals surface area contributed by atoms with Gasteiger partial charge in [-0.3, -0.25) is 19.3 Å². The van der Waals surface area contributed by atoms with Crippen molar-refractivity contribution in [2.75, 3.05) is 5.32 Å². The Morgan fingerprint density at radius 1 is 1.03 bits per heavy atom. The number of carbonyl (C=O) groups excluding carboxylic acids is 1. The smallest absolute Gasteiger partial charge is 0.384 e. The van der Waals surface area contributed by atoms with Crippen molar-refractivity contribution in [3.8, 4) is 16.9 Å². The van der Waals surface area contributed by atoms with E-state index in [9.17, 15) is 27.9 Å². The van der Waals surface area contributed by atoms with Gasteiger partial charge in [-0.1, -0.05) is 12.1 Å². The molecule has 0 spiro atoms. The third kappa shape index (κ3) is 4.28. The highest BCUT2D eigenvalue weighted by atomic mass is 19.4. The van der Waals surface area contributed by atoms with Crippen molar-refractivity contribution in [3.05, 3.63) is 76.7 Å². The number of alkyl halides is 3. The molecule has 9 nitrogen and oxygen atoms in total. The third-order valence-electron chi connectivity index (χ3n) is 6.19. The van der Waals surface area contributed by atoms with Crippen molar-refractivity contribution in [1.82, 2.24) is 24.1 Å². The number of rotatable bonds is 4. The summed E-state index contributed by atoms with van der Waals surface area (Å²) >= 11 is 0. The van der Waals surface area contributed by atoms with E-state index in [-0.39, 0.29) is 5.82 Å². The zero-order valence-electron chi connectivity index (χ0n) is 20.4. The Morgan fingerprint density at radius 2 is 1.76 bits per heavy atom.